The van der Waals surface area contributed by atoms with Crippen LogP contribution in [0.3, 0.4) is 0 Å². The van der Waals surface area contributed by atoms with E-state index in [4.69, 9.17) is 4.84 Å². The first-order chi connectivity index (χ1) is 12.4. The van der Waals surface area contributed by atoms with E-state index >= 15 is 0 Å². The van der Waals surface area contributed by atoms with Gasteiger partial charge in [-0.25, -0.2) is 4.39 Å². The second kappa shape index (κ2) is 9.36. The van der Waals surface area contributed by atoms with E-state index in [1.165, 1.54) is 12.1 Å². The molecule has 0 bridgehead atoms. The Morgan fingerprint density at radius 3 is 2.85 bits per heavy atom. The Kier molecular flexibility index (Phi) is 7.67. The molecule has 1 atom stereocenters. The van der Waals surface area contributed by atoms with Crippen molar-refractivity contribution in [2.24, 2.45) is 0 Å². The SMILES string of the molecule is CCN1CCC([N-]Oc2ccc(-c3noc(C(F)(F)SF)n3)cc2F)C1.[W]. The molecule has 1 saturated heterocycles. The molecule has 2 heterocycles. The molecular formula is C15H15F4N4O2SW-. The third-order valence-electron chi connectivity index (χ3n) is 3.96. The van der Waals surface area contributed by atoms with Crippen molar-refractivity contribution in [3.05, 3.63) is 35.4 Å². The fourth-order valence-corrected chi connectivity index (χ4v) is 2.67. The van der Waals surface area contributed by atoms with Gasteiger partial charge in [-0.05, 0) is 37.8 Å². The van der Waals surface area contributed by atoms with Crippen LogP contribution in [-0.4, -0.2) is 40.7 Å². The van der Waals surface area contributed by atoms with Crippen molar-refractivity contribution in [3.63, 3.8) is 0 Å². The van der Waals surface area contributed by atoms with Gasteiger partial charge in [0.25, 0.3) is 0 Å². The van der Waals surface area contributed by atoms with Crippen molar-refractivity contribution >= 4 is 12.1 Å². The minimum absolute atomic E-state index is 0. The first-order valence-electron chi connectivity index (χ1n) is 7.84. The zero-order valence-electron chi connectivity index (χ0n) is 14.1. The van der Waals surface area contributed by atoms with Crippen LogP contribution in [0.1, 0.15) is 19.2 Å². The molecule has 148 valence electrons. The molecule has 1 aliphatic rings. The van der Waals surface area contributed by atoms with E-state index in [1.54, 1.807) is 0 Å². The number of likely N-dealkylation sites (tertiary alicyclic amines) is 1. The molecule has 1 fully saturated rings. The van der Waals surface area contributed by atoms with Crippen LogP contribution in [-0.2, 0) is 26.3 Å². The molecule has 2 aromatic rings. The van der Waals surface area contributed by atoms with Crippen molar-refractivity contribution in [2.75, 3.05) is 19.6 Å². The van der Waals surface area contributed by atoms with Gasteiger partial charge in [0.05, 0.1) is 0 Å². The van der Waals surface area contributed by atoms with Gasteiger partial charge >= 0.3 is 11.1 Å². The van der Waals surface area contributed by atoms with Crippen LogP contribution >= 0.6 is 12.1 Å². The summed E-state index contributed by atoms with van der Waals surface area (Å²) in [6, 6.07) is 3.64. The van der Waals surface area contributed by atoms with Crippen LogP contribution < -0.4 is 4.84 Å². The monoisotopic (exact) mass is 575 g/mol. The maximum absolute atomic E-state index is 14.2. The van der Waals surface area contributed by atoms with Gasteiger partial charge in [0.15, 0.2) is 5.82 Å². The van der Waals surface area contributed by atoms with E-state index in [0.717, 1.165) is 32.1 Å². The first-order valence-corrected chi connectivity index (χ1v) is 8.55. The summed E-state index contributed by atoms with van der Waals surface area (Å²) >= 11 is -1.22. The fraction of sp³-hybridized carbons (Fsp3) is 0.467. The first kappa shape index (κ1) is 22.1. The average Bonchev–Trinajstić information content (AvgIpc) is 3.30. The van der Waals surface area contributed by atoms with Crippen molar-refractivity contribution in [1.82, 2.24) is 15.0 Å². The third-order valence-corrected chi connectivity index (χ3v) is 4.33. The number of halogens is 4. The number of rotatable bonds is 7. The molecule has 12 heteroatoms. The Hall–Kier alpha value is -1.16. The van der Waals surface area contributed by atoms with E-state index in [0.29, 0.717) is 0 Å². The molecule has 0 aliphatic carbocycles. The van der Waals surface area contributed by atoms with Gasteiger partial charge in [-0.2, -0.15) is 17.7 Å². The third kappa shape index (κ3) is 5.22. The zero-order valence-corrected chi connectivity index (χ0v) is 17.8. The molecule has 0 N–H and O–H groups in total. The summed E-state index contributed by atoms with van der Waals surface area (Å²) < 4.78 is 57.0. The van der Waals surface area contributed by atoms with Crippen molar-refractivity contribution in [3.8, 4) is 17.1 Å². The number of hydrogen-bond donors (Lipinski definition) is 0. The predicted octanol–water partition coefficient (Wildman–Crippen LogP) is 4.30. The number of aromatic nitrogens is 2. The molecule has 0 amide bonds. The van der Waals surface area contributed by atoms with Crippen molar-refractivity contribution < 1.29 is 47.5 Å². The fourth-order valence-electron chi connectivity index (χ4n) is 2.52. The van der Waals surface area contributed by atoms with Gasteiger partial charge in [-0.3, -0.25) is 0 Å². The second-order valence-electron chi connectivity index (χ2n) is 5.69. The molecule has 27 heavy (non-hydrogen) atoms. The standard InChI is InChI=1S/C15H15F4N4O2S.W/c1-2-23-6-5-10(8-23)21-24-12-4-3-9(7-11(12)16)13-20-14(25-22-13)15(17,18)26-19;/h3-4,7,10H,2,5-6,8H2,1H3;/q-1;. The molecular weight excluding hydrogens is 560 g/mol. The van der Waals surface area contributed by atoms with E-state index in [2.05, 4.69) is 25.0 Å². The van der Waals surface area contributed by atoms with Gasteiger partial charge < -0.3 is 19.7 Å². The molecule has 0 radical (unpaired) electrons. The van der Waals surface area contributed by atoms with Crippen LogP contribution in [0.5, 0.6) is 5.75 Å². The van der Waals surface area contributed by atoms with E-state index in [1.807, 2.05) is 6.92 Å². The van der Waals surface area contributed by atoms with Crippen LogP contribution in [0, 0.1) is 5.82 Å². The predicted molar refractivity (Wildman–Crippen MR) is 86.8 cm³/mol. The number of hydrogen-bond acceptors (Lipinski definition) is 6. The summed E-state index contributed by atoms with van der Waals surface area (Å²) in [4.78, 5) is 10.8. The molecule has 0 spiro atoms. The Labute approximate surface area is 171 Å². The number of nitrogens with zero attached hydrogens (tertiary/aromatic N) is 4. The molecule has 6 nitrogen and oxygen atoms in total. The van der Waals surface area contributed by atoms with Crippen molar-refractivity contribution in [1.29, 1.82) is 0 Å². The topological polar surface area (TPSA) is 65.5 Å². The smallest absolute Gasteiger partial charge is 0.399 e. The summed E-state index contributed by atoms with van der Waals surface area (Å²) in [5.74, 6) is -2.34. The maximum Gasteiger partial charge on any atom is 0.399 e. The number of likely N-dealkylation sites (N-methyl/N-ethyl adjacent to an activating group) is 1. The summed E-state index contributed by atoms with van der Waals surface area (Å²) in [7, 11) is 0. The van der Waals surface area contributed by atoms with Crippen LogP contribution in [0.4, 0.5) is 17.1 Å². The second-order valence-corrected chi connectivity index (χ2v) is 6.36. The summed E-state index contributed by atoms with van der Waals surface area (Å²) in [6.07, 6.45) is 0.833. The van der Waals surface area contributed by atoms with Gasteiger partial charge in [-0.1, -0.05) is 24.5 Å². The summed E-state index contributed by atoms with van der Waals surface area (Å²) in [5, 5.41) is -0.643. The molecule has 1 aromatic heterocycles. The molecule has 1 aliphatic heterocycles. The van der Waals surface area contributed by atoms with E-state index in [9.17, 15) is 17.1 Å². The van der Waals surface area contributed by atoms with Crippen LogP contribution in [0.2, 0.25) is 0 Å². The van der Waals surface area contributed by atoms with Gasteiger partial charge in [0, 0.05) is 26.6 Å². The zero-order chi connectivity index (χ0) is 18.7. The number of alkyl halides is 2. The van der Waals surface area contributed by atoms with Crippen LogP contribution in [0.25, 0.3) is 16.9 Å². The largest absolute Gasteiger partial charge is 0.585 e. The molecule has 3 rings (SSSR count). The van der Waals surface area contributed by atoms with Gasteiger partial charge in [0.1, 0.15) is 17.9 Å². The van der Waals surface area contributed by atoms with Gasteiger partial charge in [-0.15, -0.1) is 0 Å². The minimum Gasteiger partial charge on any atom is -0.585 e. The number of benzene rings is 1. The van der Waals surface area contributed by atoms with Crippen molar-refractivity contribution in [2.45, 2.75) is 24.6 Å². The molecule has 0 saturated carbocycles. The summed E-state index contributed by atoms with van der Waals surface area (Å²) in [6.45, 7) is 4.63. The van der Waals surface area contributed by atoms with E-state index < -0.39 is 29.1 Å². The van der Waals surface area contributed by atoms with Gasteiger partial charge in [0.2, 0.25) is 5.82 Å². The minimum atomic E-state index is -3.96. The maximum atomic E-state index is 14.2. The average molecular weight is 575 g/mol. The summed E-state index contributed by atoms with van der Waals surface area (Å²) in [5.41, 5.74) is 4.11. The van der Waals surface area contributed by atoms with E-state index in [-0.39, 0.29) is 44.2 Å². The Bertz CT molecular complexity index is 767. The quantitative estimate of drug-likeness (QED) is 0.363. The molecule has 1 unspecified atom stereocenters. The molecule has 1 aromatic carbocycles. The normalized spacial score (nSPS) is 17.7. The Balaban J connectivity index is 0.00000261. The van der Waals surface area contributed by atoms with Crippen LogP contribution in [0.15, 0.2) is 22.7 Å². The number of hydroxylamine groups is 1. The Morgan fingerprint density at radius 2 is 2.22 bits per heavy atom. The Morgan fingerprint density at radius 1 is 1.44 bits per heavy atom.